The van der Waals surface area contributed by atoms with Crippen LogP contribution in [-0.2, 0) is 14.6 Å². The molecule has 0 aromatic rings. The van der Waals surface area contributed by atoms with Gasteiger partial charge in [-0.3, -0.25) is 0 Å². The summed E-state index contributed by atoms with van der Waals surface area (Å²) in [6, 6.07) is 0.458. The summed E-state index contributed by atoms with van der Waals surface area (Å²) in [5.41, 5.74) is -0.205. The SMILES string of the molecule is COC1CCC(NC2(C)CCS(=O)(=O)C2)CC1. The molecule has 0 radical (unpaired) electrons. The summed E-state index contributed by atoms with van der Waals surface area (Å²) in [6.07, 6.45) is 5.49. The van der Waals surface area contributed by atoms with Gasteiger partial charge in [-0.2, -0.15) is 0 Å². The Hall–Kier alpha value is -0.130. The largest absolute Gasteiger partial charge is 0.381 e. The summed E-state index contributed by atoms with van der Waals surface area (Å²) in [4.78, 5) is 0. The van der Waals surface area contributed by atoms with Crippen molar-refractivity contribution in [2.24, 2.45) is 0 Å². The van der Waals surface area contributed by atoms with Crippen molar-refractivity contribution in [2.75, 3.05) is 18.6 Å². The first-order chi connectivity index (χ1) is 7.92. The lowest BCUT2D eigenvalue weighted by Crippen LogP contribution is -2.50. The highest BCUT2D eigenvalue weighted by Crippen LogP contribution is 2.27. The summed E-state index contributed by atoms with van der Waals surface area (Å²) < 4.78 is 28.4. The molecule has 2 aliphatic rings. The third-order valence-electron chi connectivity index (χ3n) is 4.06. The molecule has 0 aromatic carbocycles. The number of rotatable bonds is 3. The number of methoxy groups -OCH3 is 1. The van der Waals surface area contributed by atoms with Crippen LogP contribution in [0.25, 0.3) is 0 Å². The molecule has 2 rings (SSSR count). The van der Waals surface area contributed by atoms with Gasteiger partial charge in [-0.1, -0.05) is 0 Å². The van der Waals surface area contributed by atoms with E-state index in [1.807, 2.05) is 6.92 Å². The highest BCUT2D eigenvalue weighted by atomic mass is 32.2. The number of sulfone groups is 1. The molecule has 0 bridgehead atoms. The van der Waals surface area contributed by atoms with Crippen LogP contribution >= 0.6 is 0 Å². The lowest BCUT2D eigenvalue weighted by molar-refractivity contribution is 0.0591. The molecule has 1 N–H and O–H groups in total. The molecule has 1 aliphatic heterocycles. The minimum absolute atomic E-state index is 0.205. The van der Waals surface area contributed by atoms with Crippen LogP contribution in [-0.4, -0.2) is 44.7 Å². The van der Waals surface area contributed by atoms with Gasteiger partial charge in [0.2, 0.25) is 0 Å². The Morgan fingerprint density at radius 1 is 1.24 bits per heavy atom. The Balaban J connectivity index is 1.86. The monoisotopic (exact) mass is 261 g/mol. The fraction of sp³-hybridized carbons (Fsp3) is 1.00. The van der Waals surface area contributed by atoms with Crippen molar-refractivity contribution in [1.29, 1.82) is 0 Å². The Bertz CT molecular complexity index is 360. The van der Waals surface area contributed by atoms with Crippen LogP contribution in [0.3, 0.4) is 0 Å². The quantitative estimate of drug-likeness (QED) is 0.827. The predicted molar refractivity (Wildman–Crippen MR) is 67.9 cm³/mol. The standard InChI is InChI=1S/C12H23NO3S/c1-12(7-8-17(14,15)9-12)13-10-3-5-11(16-2)6-4-10/h10-11,13H,3-9H2,1-2H3. The molecule has 100 valence electrons. The summed E-state index contributed by atoms with van der Waals surface area (Å²) >= 11 is 0. The van der Waals surface area contributed by atoms with E-state index in [1.54, 1.807) is 7.11 Å². The van der Waals surface area contributed by atoms with E-state index in [0.717, 1.165) is 32.1 Å². The van der Waals surface area contributed by atoms with Gasteiger partial charge >= 0.3 is 0 Å². The fourth-order valence-corrected chi connectivity index (χ4v) is 5.16. The molecule has 2 fully saturated rings. The molecule has 1 saturated carbocycles. The lowest BCUT2D eigenvalue weighted by Gasteiger charge is -2.35. The molecule has 17 heavy (non-hydrogen) atoms. The fourth-order valence-electron chi connectivity index (χ4n) is 3.06. The van der Waals surface area contributed by atoms with E-state index < -0.39 is 9.84 Å². The normalized spacial score (nSPS) is 41.5. The van der Waals surface area contributed by atoms with Gasteiger partial charge in [-0.05, 0) is 39.0 Å². The van der Waals surface area contributed by atoms with Crippen molar-refractivity contribution >= 4 is 9.84 Å². The summed E-state index contributed by atoms with van der Waals surface area (Å²) in [7, 11) is -1.04. The molecule has 1 heterocycles. The summed E-state index contributed by atoms with van der Waals surface area (Å²) in [5, 5.41) is 3.56. The highest BCUT2D eigenvalue weighted by Gasteiger charge is 2.39. The van der Waals surface area contributed by atoms with Crippen LogP contribution < -0.4 is 5.32 Å². The first-order valence-corrected chi connectivity index (χ1v) is 8.25. The molecule has 5 heteroatoms. The number of hydrogen-bond acceptors (Lipinski definition) is 4. The Kier molecular flexibility index (Phi) is 3.80. The lowest BCUT2D eigenvalue weighted by atomic mass is 9.90. The zero-order chi connectivity index (χ0) is 12.5. The molecule has 1 atom stereocenters. The third-order valence-corrected chi connectivity index (χ3v) is 5.97. The van der Waals surface area contributed by atoms with Gasteiger partial charge in [-0.15, -0.1) is 0 Å². The average Bonchev–Trinajstić information content (AvgIpc) is 2.54. The zero-order valence-electron chi connectivity index (χ0n) is 10.7. The van der Waals surface area contributed by atoms with Crippen LogP contribution in [0.1, 0.15) is 39.0 Å². The van der Waals surface area contributed by atoms with Crippen LogP contribution in [0.15, 0.2) is 0 Å². The molecular formula is C12H23NO3S. The smallest absolute Gasteiger partial charge is 0.152 e. The molecule has 0 aromatic heterocycles. The maximum atomic E-state index is 11.5. The average molecular weight is 261 g/mol. The van der Waals surface area contributed by atoms with E-state index in [-0.39, 0.29) is 5.54 Å². The third kappa shape index (κ3) is 3.42. The Morgan fingerprint density at radius 2 is 1.88 bits per heavy atom. The van der Waals surface area contributed by atoms with E-state index in [9.17, 15) is 8.42 Å². The first kappa shape index (κ1) is 13.3. The van der Waals surface area contributed by atoms with E-state index in [1.165, 1.54) is 0 Å². The maximum Gasteiger partial charge on any atom is 0.152 e. The molecular weight excluding hydrogens is 238 g/mol. The molecule has 1 aliphatic carbocycles. The molecule has 4 nitrogen and oxygen atoms in total. The Morgan fingerprint density at radius 3 is 2.35 bits per heavy atom. The molecule has 1 saturated heterocycles. The minimum Gasteiger partial charge on any atom is -0.381 e. The first-order valence-electron chi connectivity index (χ1n) is 6.43. The van der Waals surface area contributed by atoms with Crippen molar-refractivity contribution in [3.8, 4) is 0 Å². The zero-order valence-corrected chi connectivity index (χ0v) is 11.6. The van der Waals surface area contributed by atoms with Crippen molar-refractivity contribution in [1.82, 2.24) is 5.32 Å². The van der Waals surface area contributed by atoms with Gasteiger partial charge in [0.15, 0.2) is 9.84 Å². The molecule has 0 spiro atoms. The van der Waals surface area contributed by atoms with E-state index in [4.69, 9.17) is 4.74 Å². The van der Waals surface area contributed by atoms with Gasteiger partial charge in [-0.25, -0.2) is 8.42 Å². The second-order valence-corrected chi connectivity index (χ2v) is 7.94. The van der Waals surface area contributed by atoms with Gasteiger partial charge in [0.05, 0.1) is 17.6 Å². The highest BCUT2D eigenvalue weighted by molar-refractivity contribution is 7.91. The van der Waals surface area contributed by atoms with Gasteiger partial charge in [0.1, 0.15) is 0 Å². The van der Waals surface area contributed by atoms with E-state index in [2.05, 4.69) is 5.32 Å². The predicted octanol–water partition coefficient (Wildman–Crippen LogP) is 1.11. The second kappa shape index (κ2) is 4.86. The van der Waals surface area contributed by atoms with Gasteiger partial charge < -0.3 is 10.1 Å². The second-order valence-electron chi connectivity index (χ2n) is 5.76. The van der Waals surface area contributed by atoms with Crippen LogP contribution in [0.4, 0.5) is 0 Å². The number of hydrogen-bond donors (Lipinski definition) is 1. The van der Waals surface area contributed by atoms with E-state index in [0.29, 0.717) is 23.7 Å². The van der Waals surface area contributed by atoms with Crippen molar-refractivity contribution < 1.29 is 13.2 Å². The topological polar surface area (TPSA) is 55.4 Å². The summed E-state index contributed by atoms with van der Waals surface area (Å²) in [6.45, 7) is 2.04. The van der Waals surface area contributed by atoms with Gasteiger partial charge in [0.25, 0.3) is 0 Å². The summed E-state index contributed by atoms with van der Waals surface area (Å²) in [5.74, 6) is 0.633. The van der Waals surface area contributed by atoms with Gasteiger partial charge in [0, 0.05) is 18.7 Å². The van der Waals surface area contributed by atoms with Crippen molar-refractivity contribution in [3.63, 3.8) is 0 Å². The van der Waals surface area contributed by atoms with Crippen molar-refractivity contribution in [3.05, 3.63) is 0 Å². The van der Waals surface area contributed by atoms with Crippen LogP contribution in [0, 0.1) is 0 Å². The Labute approximate surface area is 104 Å². The van der Waals surface area contributed by atoms with Crippen LogP contribution in [0.2, 0.25) is 0 Å². The minimum atomic E-state index is -2.81. The number of ether oxygens (including phenoxy) is 1. The number of nitrogens with one attached hydrogen (secondary N) is 1. The maximum absolute atomic E-state index is 11.5. The molecule has 0 amide bonds. The van der Waals surface area contributed by atoms with E-state index >= 15 is 0 Å². The molecule has 1 unspecified atom stereocenters. The van der Waals surface area contributed by atoms with Crippen molar-refractivity contribution in [2.45, 2.75) is 56.7 Å². The van der Waals surface area contributed by atoms with Crippen LogP contribution in [0.5, 0.6) is 0 Å².